The van der Waals surface area contributed by atoms with Gasteiger partial charge in [-0.2, -0.15) is 5.10 Å². The van der Waals surface area contributed by atoms with E-state index >= 15 is 0 Å². The van der Waals surface area contributed by atoms with Crippen LogP contribution in [0.15, 0.2) is 58.3 Å². The number of nitrogens with one attached hydrogen (secondary N) is 1. The zero-order valence-corrected chi connectivity index (χ0v) is 14.7. The number of rotatable bonds is 4. The number of sulfonamides is 1. The summed E-state index contributed by atoms with van der Waals surface area (Å²) in [6, 6.07) is 8.44. The average molecular weight is 372 g/mol. The first kappa shape index (κ1) is 16.4. The van der Waals surface area contributed by atoms with Crippen LogP contribution in [-0.2, 0) is 23.5 Å². The summed E-state index contributed by atoms with van der Waals surface area (Å²) in [6.07, 6.45) is 4.85. The highest BCUT2D eigenvalue weighted by Gasteiger charge is 2.28. The van der Waals surface area contributed by atoms with E-state index in [1.807, 2.05) is 6.07 Å². The van der Waals surface area contributed by atoms with Gasteiger partial charge in [0.2, 0.25) is 0 Å². The molecule has 3 aromatic rings. The van der Waals surface area contributed by atoms with E-state index in [1.54, 1.807) is 36.2 Å². The van der Waals surface area contributed by atoms with Crippen LogP contribution < -0.4 is 9.62 Å². The fourth-order valence-electron chi connectivity index (χ4n) is 2.94. The van der Waals surface area contributed by atoms with Crippen LogP contribution in [0.5, 0.6) is 0 Å². The molecule has 0 radical (unpaired) electrons. The van der Waals surface area contributed by atoms with Gasteiger partial charge in [-0.15, -0.1) is 0 Å². The smallest absolute Gasteiger partial charge is 0.293 e. The number of nitrogens with zero attached hydrogens (tertiary/aromatic N) is 3. The number of furan rings is 1. The fraction of sp³-hybridized carbons (Fsp3) is 0.176. The highest BCUT2D eigenvalue weighted by molar-refractivity contribution is 7.92. The number of fused-ring (bicyclic) bond motifs is 1. The molecule has 134 valence electrons. The van der Waals surface area contributed by atoms with E-state index in [0.29, 0.717) is 24.3 Å². The zero-order chi connectivity index (χ0) is 18.3. The molecule has 0 bridgehead atoms. The fourth-order valence-corrected chi connectivity index (χ4v) is 3.97. The normalized spacial score (nSPS) is 13.7. The maximum absolute atomic E-state index is 12.6. The van der Waals surface area contributed by atoms with Gasteiger partial charge in [0.1, 0.15) is 4.90 Å². The first-order chi connectivity index (χ1) is 12.4. The van der Waals surface area contributed by atoms with Gasteiger partial charge in [-0.3, -0.25) is 14.2 Å². The summed E-state index contributed by atoms with van der Waals surface area (Å²) in [7, 11) is -2.10. The lowest BCUT2D eigenvalue weighted by Gasteiger charge is -2.17. The van der Waals surface area contributed by atoms with Gasteiger partial charge in [0.05, 0.1) is 18.1 Å². The van der Waals surface area contributed by atoms with Crippen molar-refractivity contribution < 1.29 is 17.6 Å². The molecule has 8 nitrogen and oxygen atoms in total. The number of aryl methyl sites for hydroxylation is 1. The van der Waals surface area contributed by atoms with Crippen molar-refractivity contribution in [2.75, 3.05) is 16.2 Å². The van der Waals surface area contributed by atoms with E-state index in [9.17, 15) is 13.2 Å². The van der Waals surface area contributed by atoms with Crippen LogP contribution in [-0.4, -0.2) is 30.7 Å². The maximum atomic E-state index is 12.6. The van der Waals surface area contributed by atoms with Gasteiger partial charge in [-0.1, -0.05) is 6.07 Å². The summed E-state index contributed by atoms with van der Waals surface area (Å²) in [4.78, 5) is 14.2. The van der Waals surface area contributed by atoms with E-state index in [4.69, 9.17) is 4.42 Å². The van der Waals surface area contributed by atoms with E-state index in [0.717, 1.165) is 5.56 Å². The lowest BCUT2D eigenvalue weighted by atomic mass is 10.1. The lowest BCUT2D eigenvalue weighted by molar-refractivity contribution is 0.0963. The van der Waals surface area contributed by atoms with E-state index in [-0.39, 0.29) is 16.6 Å². The Hall–Kier alpha value is -3.07. The third-order valence-corrected chi connectivity index (χ3v) is 5.54. The molecule has 2 aromatic heterocycles. The Labute approximate surface area is 150 Å². The maximum Gasteiger partial charge on any atom is 0.293 e. The number of anilines is 2. The van der Waals surface area contributed by atoms with Gasteiger partial charge in [-0.05, 0) is 36.2 Å². The number of amides is 1. The molecule has 0 fully saturated rings. The molecule has 1 N–H and O–H groups in total. The predicted octanol–water partition coefficient (Wildman–Crippen LogP) is 2.02. The lowest BCUT2D eigenvalue weighted by Crippen LogP contribution is -2.28. The van der Waals surface area contributed by atoms with Crippen molar-refractivity contribution in [2.24, 2.45) is 7.05 Å². The number of hydrogen-bond acceptors (Lipinski definition) is 5. The second-order valence-electron chi connectivity index (χ2n) is 5.98. The third-order valence-electron chi connectivity index (χ3n) is 4.20. The molecule has 9 heteroatoms. The van der Waals surface area contributed by atoms with Crippen LogP contribution in [0.3, 0.4) is 0 Å². The number of carbonyl (C=O) groups excluding carboxylic acids is 1. The second kappa shape index (κ2) is 6.03. The van der Waals surface area contributed by atoms with Crippen molar-refractivity contribution >= 4 is 27.3 Å². The highest BCUT2D eigenvalue weighted by Crippen LogP contribution is 2.32. The quantitative estimate of drug-likeness (QED) is 0.756. The van der Waals surface area contributed by atoms with Gasteiger partial charge < -0.3 is 9.32 Å². The number of hydrogen-bond donors (Lipinski definition) is 1. The minimum atomic E-state index is -3.75. The first-order valence-electron chi connectivity index (χ1n) is 7.94. The van der Waals surface area contributed by atoms with Gasteiger partial charge >= 0.3 is 0 Å². The monoisotopic (exact) mass is 372 g/mol. The number of aromatic nitrogens is 2. The first-order valence-corrected chi connectivity index (χ1v) is 9.42. The predicted molar refractivity (Wildman–Crippen MR) is 94.5 cm³/mol. The summed E-state index contributed by atoms with van der Waals surface area (Å²) in [5.41, 5.74) is 2.04. The molecule has 1 aliphatic rings. The van der Waals surface area contributed by atoms with Crippen molar-refractivity contribution in [2.45, 2.75) is 11.3 Å². The summed E-state index contributed by atoms with van der Waals surface area (Å²) < 4.78 is 34.0. The van der Waals surface area contributed by atoms with Crippen LogP contribution in [0.25, 0.3) is 0 Å². The standard InChI is InChI=1S/C17H16N4O4S/c1-20-11-14(10-18-20)26(23,24)19-13-5-4-12-6-7-21(15(12)9-13)17(22)16-3-2-8-25-16/h2-5,8-11,19H,6-7H2,1H3. The molecule has 1 aromatic carbocycles. The van der Waals surface area contributed by atoms with Crippen LogP contribution in [0.2, 0.25) is 0 Å². The zero-order valence-electron chi connectivity index (χ0n) is 13.9. The van der Waals surface area contributed by atoms with E-state index in [2.05, 4.69) is 9.82 Å². The summed E-state index contributed by atoms with van der Waals surface area (Å²) in [5.74, 6) is 0.000195. The minimum absolute atomic E-state index is 0.0732. The summed E-state index contributed by atoms with van der Waals surface area (Å²) in [6.45, 7) is 0.522. The van der Waals surface area contributed by atoms with Crippen LogP contribution >= 0.6 is 0 Å². The molecule has 3 heterocycles. The van der Waals surface area contributed by atoms with Crippen molar-refractivity contribution in [3.8, 4) is 0 Å². The Morgan fingerprint density at radius 1 is 1.31 bits per heavy atom. The molecule has 26 heavy (non-hydrogen) atoms. The molecule has 0 saturated heterocycles. The van der Waals surface area contributed by atoms with Crippen LogP contribution in [0.4, 0.5) is 11.4 Å². The summed E-state index contributed by atoms with van der Waals surface area (Å²) >= 11 is 0. The van der Waals surface area contributed by atoms with Gasteiger partial charge in [-0.25, -0.2) is 8.42 Å². The van der Waals surface area contributed by atoms with Crippen molar-refractivity contribution in [1.82, 2.24) is 9.78 Å². The van der Waals surface area contributed by atoms with E-state index < -0.39 is 10.0 Å². The largest absolute Gasteiger partial charge is 0.459 e. The van der Waals surface area contributed by atoms with Crippen molar-refractivity contribution in [1.29, 1.82) is 0 Å². The van der Waals surface area contributed by atoms with E-state index in [1.165, 1.54) is 23.3 Å². The molecule has 1 amide bonds. The molecule has 0 aliphatic carbocycles. The average Bonchev–Trinajstić information content (AvgIpc) is 3.34. The van der Waals surface area contributed by atoms with Gasteiger partial charge in [0.15, 0.2) is 5.76 Å². The van der Waals surface area contributed by atoms with Gasteiger partial charge in [0.25, 0.3) is 15.9 Å². The topological polar surface area (TPSA) is 97.4 Å². The molecule has 0 unspecified atom stereocenters. The SMILES string of the molecule is Cn1cc(S(=O)(=O)Nc2ccc3c(c2)N(C(=O)c2ccco2)CC3)cn1. The second-order valence-corrected chi connectivity index (χ2v) is 7.67. The Balaban J connectivity index is 1.63. The number of benzene rings is 1. The Kier molecular flexibility index (Phi) is 3.80. The molecular weight excluding hydrogens is 356 g/mol. The molecule has 0 atom stereocenters. The molecule has 0 spiro atoms. The third kappa shape index (κ3) is 2.86. The van der Waals surface area contributed by atoms with Crippen molar-refractivity contribution in [3.63, 3.8) is 0 Å². The van der Waals surface area contributed by atoms with Gasteiger partial charge in [0, 0.05) is 25.5 Å². The molecule has 0 saturated carbocycles. The minimum Gasteiger partial charge on any atom is -0.459 e. The summed E-state index contributed by atoms with van der Waals surface area (Å²) in [5, 5.41) is 3.88. The number of carbonyl (C=O) groups is 1. The highest BCUT2D eigenvalue weighted by atomic mass is 32.2. The Bertz CT molecular complexity index is 1070. The molecule has 1 aliphatic heterocycles. The van der Waals surface area contributed by atoms with Crippen molar-refractivity contribution in [3.05, 3.63) is 60.3 Å². The molecular formula is C17H16N4O4S. The molecule has 4 rings (SSSR count). The van der Waals surface area contributed by atoms with Crippen LogP contribution in [0.1, 0.15) is 16.1 Å². The van der Waals surface area contributed by atoms with Crippen LogP contribution in [0, 0.1) is 0 Å². The Morgan fingerprint density at radius 3 is 2.85 bits per heavy atom. The Morgan fingerprint density at radius 2 is 2.15 bits per heavy atom.